The van der Waals surface area contributed by atoms with Gasteiger partial charge in [-0.2, -0.15) is 0 Å². The SMILES string of the molecule is COc1cc(CCC(=O)NNC(=O)[C@H](C)Oc2ccc(F)cc2)cc(OC)c1. The summed E-state index contributed by atoms with van der Waals surface area (Å²) in [5.74, 6) is 0.335. The number of ether oxygens (including phenoxy) is 3. The van der Waals surface area contributed by atoms with Crippen molar-refractivity contribution in [2.75, 3.05) is 14.2 Å². The number of hydrogen-bond donors (Lipinski definition) is 2. The van der Waals surface area contributed by atoms with E-state index in [4.69, 9.17) is 14.2 Å². The number of nitrogens with one attached hydrogen (secondary N) is 2. The van der Waals surface area contributed by atoms with Crippen LogP contribution in [0.25, 0.3) is 0 Å². The van der Waals surface area contributed by atoms with Gasteiger partial charge in [-0.25, -0.2) is 4.39 Å². The third-order valence-electron chi connectivity index (χ3n) is 3.87. The first-order chi connectivity index (χ1) is 13.4. The molecule has 2 amide bonds. The average Bonchev–Trinajstić information content (AvgIpc) is 2.71. The minimum atomic E-state index is -0.867. The molecule has 0 aliphatic carbocycles. The fraction of sp³-hybridized carbons (Fsp3) is 0.300. The van der Waals surface area contributed by atoms with E-state index in [1.807, 2.05) is 12.1 Å². The van der Waals surface area contributed by atoms with Crippen LogP contribution >= 0.6 is 0 Å². The lowest BCUT2D eigenvalue weighted by molar-refractivity contribution is -0.132. The number of carbonyl (C=O) groups excluding carboxylic acids is 2. The molecule has 2 aromatic rings. The Bertz CT molecular complexity index is 788. The molecule has 0 bridgehead atoms. The van der Waals surface area contributed by atoms with Gasteiger partial charge in [-0.1, -0.05) is 0 Å². The van der Waals surface area contributed by atoms with Crippen molar-refractivity contribution in [3.05, 3.63) is 53.8 Å². The van der Waals surface area contributed by atoms with Gasteiger partial charge in [0.15, 0.2) is 6.10 Å². The average molecular weight is 390 g/mol. The lowest BCUT2D eigenvalue weighted by Gasteiger charge is -2.15. The molecule has 8 heteroatoms. The molecule has 0 radical (unpaired) electrons. The molecule has 0 saturated carbocycles. The smallest absolute Gasteiger partial charge is 0.279 e. The highest BCUT2D eigenvalue weighted by Gasteiger charge is 2.15. The molecule has 0 saturated heterocycles. The molecule has 0 unspecified atom stereocenters. The van der Waals surface area contributed by atoms with Crippen LogP contribution in [-0.4, -0.2) is 32.1 Å². The fourth-order valence-electron chi connectivity index (χ4n) is 2.33. The first-order valence-corrected chi connectivity index (χ1v) is 8.64. The third-order valence-corrected chi connectivity index (χ3v) is 3.87. The van der Waals surface area contributed by atoms with E-state index >= 15 is 0 Å². The Morgan fingerprint density at radius 3 is 2.14 bits per heavy atom. The summed E-state index contributed by atoms with van der Waals surface area (Å²) in [6.07, 6.45) is -0.269. The van der Waals surface area contributed by atoms with E-state index in [9.17, 15) is 14.0 Å². The van der Waals surface area contributed by atoms with Gasteiger partial charge in [-0.05, 0) is 55.3 Å². The molecule has 0 heterocycles. The Morgan fingerprint density at radius 1 is 0.964 bits per heavy atom. The third kappa shape index (κ3) is 6.46. The van der Waals surface area contributed by atoms with Crippen molar-refractivity contribution in [2.45, 2.75) is 25.9 Å². The number of halogens is 1. The predicted molar refractivity (Wildman–Crippen MR) is 101 cm³/mol. The van der Waals surface area contributed by atoms with E-state index in [1.54, 1.807) is 20.3 Å². The molecule has 2 rings (SSSR count). The second kappa shape index (κ2) is 10.1. The van der Waals surface area contributed by atoms with Crippen molar-refractivity contribution in [2.24, 2.45) is 0 Å². The van der Waals surface area contributed by atoms with Crippen LogP contribution in [0.4, 0.5) is 4.39 Å². The minimum Gasteiger partial charge on any atom is -0.497 e. The molecular weight excluding hydrogens is 367 g/mol. The minimum absolute atomic E-state index is 0.157. The molecule has 0 aromatic heterocycles. The molecule has 0 spiro atoms. The van der Waals surface area contributed by atoms with Gasteiger partial charge in [-0.15, -0.1) is 0 Å². The van der Waals surface area contributed by atoms with E-state index in [0.29, 0.717) is 23.7 Å². The Hall–Kier alpha value is -3.29. The lowest BCUT2D eigenvalue weighted by atomic mass is 10.1. The van der Waals surface area contributed by atoms with Crippen LogP contribution in [0.1, 0.15) is 18.9 Å². The molecule has 0 aliphatic rings. The summed E-state index contributed by atoms with van der Waals surface area (Å²) < 4.78 is 28.6. The van der Waals surface area contributed by atoms with Crippen molar-refractivity contribution >= 4 is 11.8 Å². The van der Waals surface area contributed by atoms with Crippen LogP contribution in [0, 0.1) is 5.82 Å². The lowest BCUT2D eigenvalue weighted by Crippen LogP contribution is -2.47. The second-order valence-corrected chi connectivity index (χ2v) is 5.97. The largest absolute Gasteiger partial charge is 0.497 e. The molecule has 2 aromatic carbocycles. The van der Waals surface area contributed by atoms with Crippen LogP contribution < -0.4 is 25.1 Å². The summed E-state index contributed by atoms with van der Waals surface area (Å²) in [4.78, 5) is 24.0. The van der Waals surface area contributed by atoms with E-state index in [2.05, 4.69) is 10.9 Å². The normalized spacial score (nSPS) is 11.3. The number of benzene rings is 2. The Balaban J connectivity index is 1.78. The summed E-state index contributed by atoms with van der Waals surface area (Å²) in [7, 11) is 3.10. The van der Waals surface area contributed by atoms with E-state index < -0.39 is 17.8 Å². The van der Waals surface area contributed by atoms with Crippen molar-refractivity contribution in [1.29, 1.82) is 0 Å². The van der Waals surface area contributed by atoms with Gasteiger partial charge >= 0.3 is 0 Å². The van der Waals surface area contributed by atoms with E-state index in [1.165, 1.54) is 31.2 Å². The van der Waals surface area contributed by atoms with Gasteiger partial charge in [0.1, 0.15) is 23.1 Å². The summed E-state index contributed by atoms with van der Waals surface area (Å²) in [6, 6.07) is 10.7. The number of aryl methyl sites for hydroxylation is 1. The Labute approximate surface area is 162 Å². The first-order valence-electron chi connectivity index (χ1n) is 8.64. The number of hydrazine groups is 1. The van der Waals surface area contributed by atoms with Crippen LogP contribution in [0.15, 0.2) is 42.5 Å². The van der Waals surface area contributed by atoms with Crippen molar-refractivity contribution < 1.29 is 28.2 Å². The van der Waals surface area contributed by atoms with Crippen molar-refractivity contribution in [1.82, 2.24) is 10.9 Å². The fourth-order valence-corrected chi connectivity index (χ4v) is 2.33. The quantitative estimate of drug-likeness (QED) is 0.676. The summed E-state index contributed by atoms with van der Waals surface area (Å²) >= 11 is 0. The number of amides is 2. The van der Waals surface area contributed by atoms with Crippen LogP contribution in [-0.2, 0) is 16.0 Å². The van der Waals surface area contributed by atoms with Crippen molar-refractivity contribution in [3.63, 3.8) is 0 Å². The maximum atomic E-state index is 12.9. The molecule has 1 atom stereocenters. The highest BCUT2D eigenvalue weighted by Crippen LogP contribution is 2.23. The number of methoxy groups -OCH3 is 2. The summed E-state index contributed by atoms with van der Waals surface area (Å²) in [6.45, 7) is 1.52. The zero-order chi connectivity index (χ0) is 20.5. The molecule has 28 heavy (non-hydrogen) atoms. The second-order valence-electron chi connectivity index (χ2n) is 5.97. The van der Waals surface area contributed by atoms with Crippen molar-refractivity contribution in [3.8, 4) is 17.2 Å². The zero-order valence-electron chi connectivity index (χ0n) is 16.0. The number of carbonyl (C=O) groups is 2. The van der Waals surface area contributed by atoms with Gasteiger partial charge < -0.3 is 14.2 Å². The molecule has 2 N–H and O–H groups in total. The maximum absolute atomic E-state index is 12.9. The topological polar surface area (TPSA) is 85.9 Å². The van der Waals surface area contributed by atoms with Gasteiger partial charge in [0.05, 0.1) is 14.2 Å². The van der Waals surface area contributed by atoms with Gasteiger partial charge in [0, 0.05) is 12.5 Å². The zero-order valence-corrected chi connectivity index (χ0v) is 16.0. The highest BCUT2D eigenvalue weighted by molar-refractivity contribution is 5.84. The maximum Gasteiger partial charge on any atom is 0.279 e. The molecular formula is C20H23FN2O5. The molecule has 7 nitrogen and oxygen atoms in total. The monoisotopic (exact) mass is 390 g/mol. The van der Waals surface area contributed by atoms with Gasteiger partial charge in [-0.3, -0.25) is 20.4 Å². The van der Waals surface area contributed by atoms with E-state index in [-0.39, 0.29) is 12.3 Å². The highest BCUT2D eigenvalue weighted by atomic mass is 19.1. The standard InChI is InChI=1S/C20H23FN2O5/c1-13(28-16-7-5-15(21)6-8-16)20(25)23-22-19(24)9-4-14-10-17(26-2)12-18(11-14)27-3/h5-8,10-13H,4,9H2,1-3H3,(H,22,24)(H,23,25)/t13-/m0/s1. The number of rotatable bonds is 8. The predicted octanol–water partition coefficient (Wildman–Crippen LogP) is 2.39. The molecule has 0 fully saturated rings. The van der Waals surface area contributed by atoms with E-state index in [0.717, 1.165) is 5.56 Å². The van der Waals surface area contributed by atoms with Crippen LogP contribution in [0.3, 0.4) is 0 Å². The summed E-state index contributed by atoms with van der Waals surface area (Å²) in [5.41, 5.74) is 5.52. The first kappa shape index (κ1) is 21.0. The Morgan fingerprint density at radius 2 is 1.57 bits per heavy atom. The van der Waals surface area contributed by atoms with Gasteiger partial charge in [0.2, 0.25) is 5.91 Å². The Kier molecular flexibility index (Phi) is 7.62. The molecule has 150 valence electrons. The molecule has 0 aliphatic heterocycles. The van der Waals surface area contributed by atoms with Crippen LogP contribution in [0.5, 0.6) is 17.2 Å². The summed E-state index contributed by atoms with van der Waals surface area (Å²) in [5, 5.41) is 0. The van der Waals surface area contributed by atoms with Gasteiger partial charge in [0.25, 0.3) is 5.91 Å². The number of hydrogen-bond acceptors (Lipinski definition) is 5. The van der Waals surface area contributed by atoms with Crippen LogP contribution in [0.2, 0.25) is 0 Å².